The SMILES string of the molecule is C[C@@H](NC(=O)N1C(=O)[C@@]2(c3cc(C#CCNC(N)=O)ccc31)[C@H](C(=O)Nc1ccc(N3CCOCC3)cc1)[C@H]1C(=O)O[C@H](c3ccccc3)[C@H](c3ccccc3)N1[C@@H]2c1cccc(OCCO)c1)c1ccccc1. The first-order valence-electron chi connectivity index (χ1n) is 24.6. The molecule has 6 aromatic rings. The smallest absolute Gasteiger partial charge is 0.329 e. The Morgan fingerprint density at radius 1 is 0.811 bits per heavy atom. The number of esters is 1. The van der Waals surface area contributed by atoms with Gasteiger partial charge in [-0.05, 0) is 89.3 Å². The maximum absolute atomic E-state index is 16.8. The fourth-order valence-electron chi connectivity index (χ4n) is 11.1. The molecule has 6 aromatic carbocycles. The van der Waals surface area contributed by atoms with Crippen LogP contribution in [-0.4, -0.2) is 92.0 Å². The van der Waals surface area contributed by atoms with Crippen molar-refractivity contribution < 1.29 is 43.3 Å². The number of morpholine rings is 2. The summed E-state index contributed by atoms with van der Waals surface area (Å²) in [4.78, 5) is 80.6. The molecular formula is C58H55N7O9. The first-order valence-corrected chi connectivity index (χ1v) is 24.6. The van der Waals surface area contributed by atoms with Crippen molar-refractivity contribution in [2.24, 2.45) is 11.7 Å². The van der Waals surface area contributed by atoms with E-state index in [1.807, 2.05) is 121 Å². The van der Waals surface area contributed by atoms with Gasteiger partial charge in [0.15, 0.2) is 0 Å². The highest BCUT2D eigenvalue weighted by Gasteiger charge is 2.75. The van der Waals surface area contributed by atoms with Crippen LogP contribution in [-0.2, 0) is 29.3 Å². The zero-order valence-corrected chi connectivity index (χ0v) is 40.6. The fourth-order valence-corrected chi connectivity index (χ4v) is 11.1. The van der Waals surface area contributed by atoms with Crippen LogP contribution >= 0.6 is 0 Å². The van der Waals surface area contributed by atoms with Gasteiger partial charge in [-0.25, -0.2) is 14.5 Å². The summed E-state index contributed by atoms with van der Waals surface area (Å²) in [6, 6.07) is 41.8. The van der Waals surface area contributed by atoms with E-state index in [-0.39, 0.29) is 31.0 Å². The standard InChI is InChI=1S/C58H55N7O9/c1-37(39-14-5-2-6-15-39)61-57(71)64-47-27-22-38(13-12-28-60-56(59)70)35-46(47)58(55(64)69)48(53(67)62-43-23-25-44(26-24-43)63-29-32-72-33-30-63)50-54(68)74-51(41-18-9-4-10-19-41)49(40-16-7-3-8-17-40)65(50)52(58)42-20-11-21-45(36-42)73-34-31-66/h2-11,14-27,35-37,48-52,66H,28-34H2,1H3,(H,61,71)(H,62,67)(H3,59,60,70)/t37-,48+,49+,50+,51-,52-,58+/m1/s1. The summed E-state index contributed by atoms with van der Waals surface area (Å²) in [6.45, 7) is 3.94. The molecule has 0 aromatic heterocycles. The predicted molar refractivity (Wildman–Crippen MR) is 277 cm³/mol. The Kier molecular flexibility index (Phi) is 14.1. The van der Waals surface area contributed by atoms with Crippen molar-refractivity contribution in [3.8, 4) is 17.6 Å². The van der Waals surface area contributed by atoms with Crippen LogP contribution in [0.5, 0.6) is 5.75 Å². The second-order valence-corrected chi connectivity index (χ2v) is 18.5. The lowest BCUT2D eigenvalue weighted by molar-refractivity contribution is -0.177. The van der Waals surface area contributed by atoms with Gasteiger partial charge in [0, 0.05) is 30.0 Å². The third-order valence-corrected chi connectivity index (χ3v) is 14.2. The van der Waals surface area contributed by atoms with Gasteiger partial charge in [0.2, 0.25) is 11.8 Å². The van der Waals surface area contributed by atoms with Crippen LogP contribution in [0, 0.1) is 17.8 Å². The number of carbonyl (C=O) groups is 5. The zero-order chi connectivity index (χ0) is 51.3. The minimum Gasteiger partial charge on any atom is -0.491 e. The van der Waals surface area contributed by atoms with Crippen LogP contribution in [0.1, 0.15) is 64.5 Å². The number of cyclic esters (lactones) is 1. The molecule has 0 bridgehead atoms. The molecule has 4 heterocycles. The van der Waals surface area contributed by atoms with Crippen molar-refractivity contribution in [1.82, 2.24) is 15.5 Å². The lowest BCUT2D eigenvalue weighted by Crippen LogP contribution is -2.55. The molecule has 4 aliphatic heterocycles. The largest absolute Gasteiger partial charge is 0.491 e. The van der Waals surface area contributed by atoms with Gasteiger partial charge in [0.05, 0.1) is 56.1 Å². The van der Waals surface area contributed by atoms with E-state index in [4.69, 9.17) is 19.9 Å². The van der Waals surface area contributed by atoms with Gasteiger partial charge >= 0.3 is 18.0 Å². The van der Waals surface area contributed by atoms with Crippen LogP contribution in [0.3, 0.4) is 0 Å². The quantitative estimate of drug-likeness (QED) is 0.0646. The van der Waals surface area contributed by atoms with E-state index < -0.39 is 71.5 Å². The number of nitrogens with two attached hydrogens (primary N) is 1. The summed E-state index contributed by atoms with van der Waals surface area (Å²) in [6.07, 6.45) is -0.956. The van der Waals surface area contributed by atoms with Crippen molar-refractivity contribution in [2.45, 2.75) is 42.6 Å². The number of nitrogens with one attached hydrogen (secondary N) is 3. The first kappa shape index (κ1) is 49.1. The van der Waals surface area contributed by atoms with E-state index in [2.05, 4.69) is 32.7 Å². The van der Waals surface area contributed by atoms with Crippen LogP contribution < -0.4 is 36.2 Å². The van der Waals surface area contributed by atoms with Crippen molar-refractivity contribution >= 4 is 46.9 Å². The van der Waals surface area contributed by atoms with Gasteiger partial charge in [0.25, 0.3) is 0 Å². The van der Waals surface area contributed by atoms with E-state index in [0.29, 0.717) is 54.4 Å². The maximum Gasteiger partial charge on any atom is 0.329 e. The van der Waals surface area contributed by atoms with Gasteiger partial charge in [-0.15, -0.1) is 0 Å². The van der Waals surface area contributed by atoms with Crippen molar-refractivity contribution in [2.75, 3.05) is 61.2 Å². The Hall–Kier alpha value is -8.49. The van der Waals surface area contributed by atoms with Gasteiger partial charge < -0.3 is 45.9 Å². The van der Waals surface area contributed by atoms with E-state index in [0.717, 1.165) is 21.7 Å². The minimum absolute atomic E-state index is 0.0437. The number of rotatable bonds is 12. The number of aliphatic hydroxyl groups excluding tert-OH is 1. The molecule has 4 aliphatic rings. The number of anilines is 3. The fraction of sp³-hybridized carbons (Fsp3) is 0.259. The van der Waals surface area contributed by atoms with Crippen LogP contribution in [0.15, 0.2) is 158 Å². The van der Waals surface area contributed by atoms with E-state index >= 15 is 19.2 Å². The number of aliphatic hydroxyl groups is 1. The molecule has 0 saturated carbocycles. The topological polar surface area (TPSA) is 205 Å². The summed E-state index contributed by atoms with van der Waals surface area (Å²) in [5.74, 6) is 2.53. The second-order valence-electron chi connectivity index (χ2n) is 18.5. The minimum atomic E-state index is -2.11. The molecule has 74 heavy (non-hydrogen) atoms. The molecular weight excluding hydrogens is 939 g/mol. The van der Waals surface area contributed by atoms with Crippen molar-refractivity contribution in [3.05, 3.63) is 191 Å². The number of carbonyl (C=O) groups excluding carboxylic acids is 5. The molecule has 0 radical (unpaired) electrons. The van der Waals surface area contributed by atoms with Gasteiger partial charge in [-0.3, -0.25) is 19.3 Å². The average Bonchev–Trinajstić information content (AvgIpc) is 3.95. The van der Waals surface area contributed by atoms with Crippen LogP contribution in [0.2, 0.25) is 0 Å². The highest BCUT2D eigenvalue weighted by molar-refractivity contribution is 6.25. The third kappa shape index (κ3) is 9.28. The van der Waals surface area contributed by atoms with Crippen molar-refractivity contribution in [1.29, 1.82) is 0 Å². The summed E-state index contributed by atoms with van der Waals surface area (Å²) < 4.78 is 18.3. The molecule has 6 N–H and O–H groups in total. The van der Waals surface area contributed by atoms with Gasteiger partial charge in [0.1, 0.15) is 29.9 Å². The molecule has 3 fully saturated rings. The molecule has 16 heteroatoms. The summed E-state index contributed by atoms with van der Waals surface area (Å²) >= 11 is 0. The van der Waals surface area contributed by atoms with E-state index in [1.54, 1.807) is 48.5 Å². The first-order chi connectivity index (χ1) is 36.1. The zero-order valence-electron chi connectivity index (χ0n) is 40.6. The Bertz CT molecular complexity index is 3110. The van der Waals surface area contributed by atoms with E-state index in [9.17, 15) is 9.90 Å². The third-order valence-electron chi connectivity index (χ3n) is 14.2. The average molecular weight is 994 g/mol. The van der Waals surface area contributed by atoms with Crippen LogP contribution in [0.25, 0.3) is 0 Å². The number of hydrogen-bond donors (Lipinski definition) is 5. The predicted octanol–water partition coefficient (Wildman–Crippen LogP) is 6.69. The number of benzene rings is 6. The lowest BCUT2D eigenvalue weighted by atomic mass is 9.65. The number of amides is 6. The summed E-state index contributed by atoms with van der Waals surface area (Å²) in [7, 11) is 0. The molecule has 0 aliphatic carbocycles. The molecule has 0 unspecified atom stereocenters. The van der Waals surface area contributed by atoms with E-state index in [1.165, 1.54) is 0 Å². The van der Waals surface area contributed by atoms with Gasteiger partial charge in [-0.1, -0.05) is 115 Å². The molecule has 1 spiro atoms. The second kappa shape index (κ2) is 21.3. The molecule has 376 valence electrons. The number of ether oxygens (including phenoxy) is 3. The summed E-state index contributed by atoms with van der Waals surface area (Å²) in [5, 5.41) is 18.5. The highest BCUT2D eigenvalue weighted by atomic mass is 16.6. The van der Waals surface area contributed by atoms with Gasteiger partial charge in [-0.2, -0.15) is 0 Å². The Morgan fingerprint density at radius 2 is 1.49 bits per heavy atom. The monoisotopic (exact) mass is 993 g/mol. The highest BCUT2D eigenvalue weighted by Crippen LogP contribution is 2.66. The molecule has 7 atom stereocenters. The lowest BCUT2D eigenvalue weighted by Gasteiger charge is -2.46. The molecule has 10 rings (SSSR count). The molecule has 3 saturated heterocycles. The number of primary amides is 1. The number of hydrogen-bond acceptors (Lipinski definition) is 11. The maximum atomic E-state index is 16.8. The number of fused-ring (bicyclic) bond motifs is 3. The normalized spacial score (nSPS) is 22.4. The number of urea groups is 2. The molecule has 6 amide bonds. The Labute approximate surface area is 428 Å². The molecule has 16 nitrogen and oxygen atoms in total. The Balaban J connectivity index is 1.23. The van der Waals surface area contributed by atoms with Crippen molar-refractivity contribution in [3.63, 3.8) is 0 Å². The van der Waals surface area contributed by atoms with Crippen LogP contribution in [0.4, 0.5) is 26.7 Å². The summed E-state index contributed by atoms with van der Waals surface area (Å²) in [5.41, 5.74) is 8.04. The Morgan fingerprint density at radius 3 is 2.18 bits per heavy atom. The number of imide groups is 1. The number of nitrogens with zero attached hydrogens (tertiary/aromatic N) is 3.